The highest BCUT2D eigenvalue weighted by Gasteiger charge is 2.45. The SMILES string of the molecule is CN1C(=O)c2cccc(OC(F)F)c2C2C[C@@H]1c1nc3ccc(C#CCC(C)(C)O)cc3n12. The van der Waals surface area contributed by atoms with Crippen LogP contribution >= 0.6 is 0 Å². The average Bonchev–Trinajstić information content (AvgIpc) is 3.25. The number of hydrogen-bond donors (Lipinski definition) is 1. The van der Waals surface area contributed by atoms with E-state index in [9.17, 15) is 18.7 Å². The van der Waals surface area contributed by atoms with Gasteiger partial charge in [-0.25, -0.2) is 4.98 Å². The van der Waals surface area contributed by atoms with Crippen molar-refractivity contribution >= 4 is 16.9 Å². The number of aliphatic hydroxyl groups is 1. The number of carbonyl (C=O) groups excluding carboxylic acids is 1. The van der Waals surface area contributed by atoms with Gasteiger partial charge in [-0.15, -0.1) is 0 Å². The third-order valence-electron chi connectivity index (χ3n) is 6.16. The van der Waals surface area contributed by atoms with E-state index in [-0.39, 0.29) is 23.7 Å². The van der Waals surface area contributed by atoms with Crippen molar-refractivity contribution in [2.75, 3.05) is 7.05 Å². The summed E-state index contributed by atoms with van der Waals surface area (Å²) in [5.41, 5.74) is 2.24. The number of carbonyl (C=O) groups is 1. The van der Waals surface area contributed by atoms with E-state index in [0.717, 1.165) is 16.6 Å². The van der Waals surface area contributed by atoms with E-state index in [1.54, 1.807) is 37.9 Å². The maximum absolute atomic E-state index is 13.2. The predicted octanol–water partition coefficient (Wildman–Crippen LogP) is 4.27. The first kappa shape index (κ1) is 21.4. The molecule has 1 aromatic heterocycles. The molecule has 1 amide bonds. The molecule has 0 saturated heterocycles. The van der Waals surface area contributed by atoms with Crippen LogP contribution in [0.3, 0.4) is 0 Å². The first-order valence-electron chi connectivity index (χ1n) is 10.7. The molecule has 2 atom stereocenters. The van der Waals surface area contributed by atoms with E-state index in [1.165, 1.54) is 6.07 Å². The lowest BCUT2D eigenvalue weighted by Crippen LogP contribution is -2.30. The summed E-state index contributed by atoms with van der Waals surface area (Å²) in [6.45, 7) is 0.403. The highest BCUT2D eigenvalue weighted by Crippen LogP contribution is 2.49. The van der Waals surface area contributed by atoms with Gasteiger partial charge in [0.05, 0.1) is 28.7 Å². The maximum atomic E-state index is 13.2. The molecule has 33 heavy (non-hydrogen) atoms. The lowest BCUT2D eigenvalue weighted by Gasteiger charge is -2.24. The number of halogens is 2. The molecule has 0 fully saturated rings. The van der Waals surface area contributed by atoms with Crippen LogP contribution in [-0.2, 0) is 0 Å². The Balaban J connectivity index is 1.68. The number of hydrogen-bond acceptors (Lipinski definition) is 4. The molecule has 1 unspecified atom stereocenters. The molecule has 3 aromatic rings. The average molecular weight is 451 g/mol. The van der Waals surface area contributed by atoms with Gasteiger partial charge in [-0.1, -0.05) is 17.9 Å². The molecule has 5 rings (SSSR count). The molecule has 0 radical (unpaired) electrons. The summed E-state index contributed by atoms with van der Waals surface area (Å²) < 4.78 is 33.2. The third-order valence-corrected chi connectivity index (χ3v) is 6.16. The number of benzene rings is 2. The topological polar surface area (TPSA) is 67.6 Å². The van der Waals surface area contributed by atoms with Gasteiger partial charge in [-0.3, -0.25) is 4.79 Å². The molecule has 8 heteroatoms. The highest BCUT2D eigenvalue weighted by atomic mass is 19.3. The number of ether oxygens (including phenoxy) is 1. The number of aromatic nitrogens is 2. The van der Waals surface area contributed by atoms with Crippen molar-refractivity contribution in [3.63, 3.8) is 0 Å². The zero-order valence-corrected chi connectivity index (χ0v) is 18.5. The predicted molar refractivity (Wildman–Crippen MR) is 118 cm³/mol. The van der Waals surface area contributed by atoms with Crippen LogP contribution in [-0.4, -0.2) is 44.7 Å². The van der Waals surface area contributed by atoms with Crippen LogP contribution < -0.4 is 4.74 Å². The second-order valence-corrected chi connectivity index (χ2v) is 9.11. The molecule has 6 nitrogen and oxygen atoms in total. The van der Waals surface area contributed by atoms with Crippen LogP contribution in [0.5, 0.6) is 5.75 Å². The summed E-state index contributed by atoms with van der Waals surface area (Å²) in [6.07, 6.45) is 0.848. The molecule has 2 aliphatic heterocycles. The van der Waals surface area contributed by atoms with Crippen molar-refractivity contribution in [2.24, 2.45) is 0 Å². The zero-order chi connectivity index (χ0) is 23.5. The summed E-state index contributed by atoms with van der Waals surface area (Å²) in [5.74, 6) is 6.55. The Hall–Kier alpha value is -3.44. The van der Waals surface area contributed by atoms with Gasteiger partial charge in [0.1, 0.15) is 11.6 Å². The molecule has 1 N–H and O–H groups in total. The minimum Gasteiger partial charge on any atom is -0.434 e. The van der Waals surface area contributed by atoms with Crippen molar-refractivity contribution in [2.45, 2.75) is 51.0 Å². The van der Waals surface area contributed by atoms with Crippen molar-refractivity contribution in [1.29, 1.82) is 0 Å². The van der Waals surface area contributed by atoms with E-state index in [4.69, 9.17) is 9.72 Å². The van der Waals surface area contributed by atoms with E-state index < -0.39 is 12.2 Å². The van der Waals surface area contributed by atoms with Crippen LogP contribution in [0.1, 0.15) is 66.1 Å². The summed E-state index contributed by atoms with van der Waals surface area (Å²) in [6, 6.07) is 9.66. The monoisotopic (exact) mass is 451 g/mol. The fourth-order valence-electron chi connectivity index (χ4n) is 4.72. The Labute approximate surface area is 189 Å². The Bertz CT molecular complexity index is 1330. The Morgan fingerprint density at radius 3 is 2.79 bits per heavy atom. The summed E-state index contributed by atoms with van der Waals surface area (Å²) >= 11 is 0. The first-order valence-corrected chi connectivity index (χ1v) is 10.7. The van der Waals surface area contributed by atoms with Gasteiger partial charge >= 0.3 is 6.61 Å². The quantitative estimate of drug-likeness (QED) is 0.604. The Morgan fingerprint density at radius 1 is 1.27 bits per heavy atom. The van der Waals surface area contributed by atoms with Gasteiger partial charge in [0.2, 0.25) is 0 Å². The van der Waals surface area contributed by atoms with E-state index in [0.29, 0.717) is 29.8 Å². The van der Waals surface area contributed by atoms with Gasteiger partial charge in [-0.2, -0.15) is 8.78 Å². The molecule has 0 aliphatic carbocycles. The molecule has 3 heterocycles. The van der Waals surface area contributed by atoms with Crippen molar-refractivity contribution < 1.29 is 23.4 Å². The minimum absolute atomic E-state index is 0.00530. The van der Waals surface area contributed by atoms with Gasteiger partial charge in [-0.05, 0) is 44.2 Å². The van der Waals surface area contributed by atoms with E-state index >= 15 is 0 Å². The molecule has 2 aliphatic rings. The fraction of sp³-hybridized carbons (Fsp3) is 0.360. The van der Waals surface area contributed by atoms with Crippen LogP contribution in [0.25, 0.3) is 11.0 Å². The Kier molecular flexibility index (Phi) is 4.91. The van der Waals surface area contributed by atoms with Gasteiger partial charge in [0.25, 0.3) is 5.91 Å². The molecule has 0 saturated carbocycles. The van der Waals surface area contributed by atoms with Gasteiger partial charge in [0, 0.05) is 36.6 Å². The van der Waals surface area contributed by atoms with Crippen LogP contribution in [0.4, 0.5) is 8.78 Å². The largest absolute Gasteiger partial charge is 0.434 e. The second kappa shape index (κ2) is 7.56. The minimum atomic E-state index is -3.00. The highest BCUT2D eigenvalue weighted by molar-refractivity contribution is 5.97. The number of fused-ring (bicyclic) bond motifs is 9. The third kappa shape index (κ3) is 3.62. The van der Waals surface area contributed by atoms with Crippen molar-refractivity contribution in [3.8, 4) is 17.6 Å². The zero-order valence-electron chi connectivity index (χ0n) is 18.5. The summed E-state index contributed by atoms with van der Waals surface area (Å²) in [4.78, 5) is 19.6. The first-order chi connectivity index (χ1) is 15.6. The summed E-state index contributed by atoms with van der Waals surface area (Å²) in [5, 5.41) is 9.90. The van der Waals surface area contributed by atoms with Crippen LogP contribution in [0.2, 0.25) is 0 Å². The lowest BCUT2D eigenvalue weighted by atomic mass is 9.97. The van der Waals surface area contributed by atoms with Crippen LogP contribution in [0.15, 0.2) is 36.4 Å². The van der Waals surface area contributed by atoms with E-state index in [1.807, 2.05) is 22.8 Å². The van der Waals surface area contributed by atoms with Crippen LogP contribution in [0, 0.1) is 11.8 Å². The number of nitrogens with zero attached hydrogens (tertiary/aromatic N) is 3. The number of imidazole rings is 1. The molecular formula is C25H23F2N3O3. The summed E-state index contributed by atoms with van der Waals surface area (Å²) in [7, 11) is 1.71. The molecular weight excluding hydrogens is 428 g/mol. The van der Waals surface area contributed by atoms with Gasteiger partial charge < -0.3 is 19.3 Å². The van der Waals surface area contributed by atoms with Gasteiger partial charge in [0.15, 0.2) is 0 Å². The molecule has 170 valence electrons. The second-order valence-electron chi connectivity index (χ2n) is 9.11. The van der Waals surface area contributed by atoms with E-state index in [2.05, 4.69) is 11.8 Å². The Morgan fingerprint density at radius 2 is 2.06 bits per heavy atom. The number of alkyl halides is 2. The molecule has 2 bridgehead atoms. The molecule has 0 spiro atoms. The number of rotatable bonds is 3. The van der Waals surface area contributed by atoms with Crippen molar-refractivity contribution in [3.05, 3.63) is 58.9 Å². The standard InChI is InChI=1S/C25H23F2N3O3/c1-25(2,32)11-5-6-14-9-10-16-17(12-14)30-18-13-19(22(30)28-16)29(3)23(31)15-7-4-8-20(21(15)18)33-24(26)27/h4,7-10,12,18-19,24,32H,11,13H2,1-3H3/t18?,19-/m1/s1. The smallest absolute Gasteiger partial charge is 0.387 e. The lowest BCUT2D eigenvalue weighted by molar-refractivity contribution is -0.0507. The fourth-order valence-corrected chi connectivity index (χ4v) is 4.72. The molecule has 2 aromatic carbocycles. The maximum Gasteiger partial charge on any atom is 0.387 e. The van der Waals surface area contributed by atoms with Crippen molar-refractivity contribution in [1.82, 2.24) is 14.5 Å². The normalized spacial score (nSPS) is 19.2. The number of amides is 1.